The normalized spacial score (nSPS) is 15.6. The van der Waals surface area contributed by atoms with Crippen LogP contribution in [0.15, 0.2) is 24.8 Å². The molecular formula is C13H14F3N5O. The van der Waals surface area contributed by atoms with Crippen molar-refractivity contribution in [2.24, 2.45) is 0 Å². The van der Waals surface area contributed by atoms with E-state index >= 15 is 0 Å². The van der Waals surface area contributed by atoms with Gasteiger partial charge in [0.05, 0.1) is 12.7 Å². The third kappa shape index (κ3) is 2.97. The third-order valence-electron chi connectivity index (χ3n) is 3.57. The molecule has 1 aliphatic heterocycles. The lowest BCUT2D eigenvalue weighted by atomic mass is 10.2. The second-order valence-corrected chi connectivity index (χ2v) is 5.17. The Labute approximate surface area is 123 Å². The van der Waals surface area contributed by atoms with Crippen LogP contribution in [-0.4, -0.2) is 31.4 Å². The van der Waals surface area contributed by atoms with Gasteiger partial charge < -0.3 is 9.88 Å². The fourth-order valence-corrected chi connectivity index (χ4v) is 2.53. The molecule has 0 radical (unpaired) electrons. The van der Waals surface area contributed by atoms with Gasteiger partial charge in [-0.2, -0.15) is 18.3 Å². The Bertz CT molecular complexity index is 640. The predicted octanol–water partition coefficient (Wildman–Crippen LogP) is 2.16. The van der Waals surface area contributed by atoms with Crippen molar-refractivity contribution < 1.29 is 18.0 Å². The zero-order chi connectivity index (χ0) is 15.7. The number of halogens is 3. The highest BCUT2D eigenvalue weighted by Crippen LogP contribution is 2.33. The van der Waals surface area contributed by atoms with E-state index in [1.54, 1.807) is 10.7 Å². The molecule has 6 nitrogen and oxygen atoms in total. The molecule has 1 amide bonds. The maximum Gasteiger partial charge on any atom is 0.409 e. The number of nitrogens with zero attached hydrogens (tertiary/aromatic N) is 4. The van der Waals surface area contributed by atoms with Crippen LogP contribution < -0.4 is 5.32 Å². The molecule has 0 bridgehead atoms. The van der Waals surface area contributed by atoms with E-state index in [9.17, 15) is 18.0 Å². The zero-order valence-electron chi connectivity index (χ0n) is 11.5. The number of rotatable bonds is 4. The van der Waals surface area contributed by atoms with Crippen molar-refractivity contribution in [1.29, 1.82) is 0 Å². The van der Waals surface area contributed by atoms with E-state index in [2.05, 4.69) is 15.4 Å². The summed E-state index contributed by atoms with van der Waals surface area (Å²) >= 11 is 0. The maximum atomic E-state index is 13.1. The van der Waals surface area contributed by atoms with Gasteiger partial charge in [0.1, 0.15) is 6.04 Å². The summed E-state index contributed by atoms with van der Waals surface area (Å²) in [5.41, 5.74) is 0.984. The molecule has 0 saturated carbocycles. The smallest absolute Gasteiger partial charge is 0.325 e. The van der Waals surface area contributed by atoms with Crippen molar-refractivity contribution in [3.8, 4) is 0 Å². The summed E-state index contributed by atoms with van der Waals surface area (Å²) in [5, 5.41) is 6.58. The molecule has 118 valence electrons. The highest BCUT2D eigenvalue weighted by Gasteiger charge is 2.42. The second kappa shape index (κ2) is 5.47. The van der Waals surface area contributed by atoms with Gasteiger partial charge in [-0.05, 0) is 12.8 Å². The highest BCUT2D eigenvalue weighted by atomic mass is 19.4. The minimum absolute atomic E-state index is 0.297. The Kier molecular flexibility index (Phi) is 3.63. The summed E-state index contributed by atoms with van der Waals surface area (Å²) in [4.78, 5) is 15.5. The second-order valence-electron chi connectivity index (χ2n) is 5.17. The molecule has 1 atom stereocenters. The van der Waals surface area contributed by atoms with Crippen molar-refractivity contribution in [2.45, 2.75) is 38.0 Å². The number of amides is 1. The van der Waals surface area contributed by atoms with Crippen LogP contribution in [0.4, 0.5) is 19.0 Å². The van der Waals surface area contributed by atoms with Crippen LogP contribution in [0.3, 0.4) is 0 Å². The van der Waals surface area contributed by atoms with Gasteiger partial charge in [0.15, 0.2) is 5.82 Å². The molecule has 22 heavy (non-hydrogen) atoms. The van der Waals surface area contributed by atoms with Crippen LogP contribution in [0, 0.1) is 0 Å². The maximum absolute atomic E-state index is 13.1. The lowest BCUT2D eigenvalue weighted by molar-refractivity contribution is -0.171. The number of hydrogen-bond donors (Lipinski definition) is 1. The first-order valence-electron chi connectivity index (χ1n) is 6.84. The molecule has 9 heteroatoms. The molecule has 1 unspecified atom stereocenters. The minimum Gasteiger partial charge on any atom is -0.325 e. The number of alkyl halides is 3. The van der Waals surface area contributed by atoms with Gasteiger partial charge in [-0.25, -0.2) is 4.98 Å². The first-order valence-corrected chi connectivity index (χ1v) is 6.84. The summed E-state index contributed by atoms with van der Waals surface area (Å²) in [6.07, 6.45) is 0.0935. The van der Waals surface area contributed by atoms with Crippen LogP contribution in [0.25, 0.3) is 0 Å². The molecule has 1 N–H and O–H groups in total. The van der Waals surface area contributed by atoms with E-state index in [1.807, 2.05) is 0 Å². The minimum atomic E-state index is -4.53. The first kappa shape index (κ1) is 14.6. The molecule has 0 saturated heterocycles. The van der Waals surface area contributed by atoms with Gasteiger partial charge in [-0.15, -0.1) is 0 Å². The summed E-state index contributed by atoms with van der Waals surface area (Å²) in [7, 11) is 0. The summed E-state index contributed by atoms with van der Waals surface area (Å²) < 4.78 is 41.8. The van der Waals surface area contributed by atoms with Crippen LogP contribution in [0.1, 0.15) is 24.6 Å². The van der Waals surface area contributed by atoms with Gasteiger partial charge in [0.25, 0.3) is 0 Å². The van der Waals surface area contributed by atoms with Crippen molar-refractivity contribution in [3.05, 3.63) is 30.5 Å². The number of imidazole rings is 1. The number of fused-ring (bicyclic) bond motifs is 1. The van der Waals surface area contributed by atoms with E-state index in [1.165, 1.54) is 12.4 Å². The average Bonchev–Trinajstić information content (AvgIpc) is 3.10. The number of hydrogen-bond acceptors (Lipinski definition) is 3. The van der Waals surface area contributed by atoms with Gasteiger partial charge in [0.2, 0.25) is 5.91 Å². The monoisotopic (exact) mass is 313 g/mol. The fraction of sp³-hybridized carbons (Fsp3) is 0.462. The molecule has 0 aliphatic carbocycles. The zero-order valence-corrected chi connectivity index (χ0v) is 11.5. The van der Waals surface area contributed by atoms with Crippen LogP contribution in [0.5, 0.6) is 0 Å². The van der Waals surface area contributed by atoms with Crippen molar-refractivity contribution in [1.82, 2.24) is 19.3 Å². The molecule has 0 fully saturated rings. The number of anilines is 1. The van der Waals surface area contributed by atoms with Crippen LogP contribution in [-0.2, 0) is 17.8 Å². The number of aryl methyl sites for hydroxylation is 2. The Morgan fingerprint density at radius 1 is 1.45 bits per heavy atom. The molecule has 1 aliphatic rings. The Morgan fingerprint density at radius 3 is 2.91 bits per heavy atom. The Morgan fingerprint density at radius 2 is 2.27 bits per heavy atom. The lowest BCUT2D eigenvalue weighted by Crippen LogP contribution is -2.30. The number of carbonyl (C=O) groups excluding carboxylic acids is 1. The van der Waals surface area contributed by atoms with Crippen LogP contribution >= 0.6 is 0 Å². The quantitative estimate of drug-likeness (QED) is 0.941. The average molecular weight is 313 g/mol. The van der Waals surface area contributed by atoms with Crippen molar-refractivity contribution in [2.75, 3.05) is 5.32 Å². The number of nitrogens with one attached hydrogen (secondary N) is 1. The molecule has 3 rings (SSSR count). The van der Waals surface area contributed by atoms with Gasteiger partial charge >= 0.3 is 6.18 Å². The molecule has 2 aromatic heterocycles. The number of aromatic nitrogens is 4. The highest BCUT2D eigenvalue weighted by molar-refractivity contribution is 5.90. The number of carbonyl (C=O) groups is 1. The largest absolute Gasteiger partial charge is 0.409 e. The van der Waals surface area contributed by atoms with Gasteiger partial charge in [-0.3, -0.25) is 9.48 Å². The van der Waals surface area contributed by atoms with E-state index in [-0.39, 0.29) is 0 Å². The Hall–Kier alpha value is -2.32. The fourth-order valence-electron chi connectivity index (χ4n) is 2.53. The lowest BCUT2D eigenvalue weighted by Gasteiger charge is -2.20. The van der Waals surface area contributed by atoms with Crippen LogP contribution in [0.2, 0.25) is 0 Å². The third-order valence-corrected chi connectivity index (χ3v) is 3.57. The molecular weight excluding hydrogens is 299 g/mol. The van der Waals surface area contributed by atoms with Crippen molar-refractivity contribution in [3.63, 3.8) is 0 Å². The summed E-state index contributed by atoms with van der Waals surface area (Å²) in [6, 6.07) is -0.241. The summed E-state index contributed by atoms with van der Waals surface area (Å²) in [6.45, 7) is 0.769. The standard InChI is InChI=1S/C13H14F3N5O/c14-13(15,16)10(20-5-3-17-8-20)7-12(22)18-11-6-9-2-1-4-21(9)19-11/h3,5-6,8,10H,1-2,4,7H2,(H,18,19,22). The predicted molar refractivity (Wildman–Crippen MR) is 71.1 cm³/mol. The summed E-state index contributed by atoms with van der Waals surface area (Å²) in [5.74, 6) is -0.431. The Balaban J connectivity index is 1.68. The van der Waals surface area contributed by atoms with E-state index in [4.69, 9.17) is 0 Å². The molecule has 3 heterocycles. The van der Waals surface area contributed by atoms with Crippen molar-refractivity contribution >= 4 is 11.7 Å². The SMILES string of the molecule is O=C(CC(n1ccnc1)C(F)(F)F)Nc1cc2n(n1)CCC2. The first-order chi connectivity index (χ1) is 10.4. The van der Waals surface area contributed by atoms with E-state index in [0.29, 0.717) is 5.82 Å². The van der Waals surface area contributed by atoms with E-state index in [0.717, 1.165) is 36.0 Å². The topological polar surface area (TPSA) is 64.7 Å². The molecule has 0 aromatic carbocycles. The van der Waals surface area contributed by atoms with Gasteiger partial charge in [0, 0.05) is 30.7 Å². The van der Waals surface area contributed by atoms with Gasteiger partial charge in [-0.1, -0.05) is 0 Å². The molecule has 2 aromatic rings. The van der Waals surface area contributed by atoms with E-state index < -0.39 is 24.5 Å². The molecule has 0 spiro atoms.